The molecule has 0 N–H and O–H groups in total. The van der Waals surface area contributed by atoms with Gasteiger partial charge in [0.05, 0.1) is 30.5 Å². The number of benzene rings is 2. The lowest BCUT2D eigenvalue weighted by Crippen LogP contribution is -2.27. The topological polar surface area (TPSA) is 59.1 Å². The van der Waals surface area contributed by atoms with Gasteiger partial charge in [-0.3, -0.25) is 9.59 Å². The molecule has 0 aromatic heterocycles. The van der Waals surface area contributed by atoms with E-state index in [1.165, 1.54) is 4.90 Å². The van der Waals surface area contributed by atoms with Crippen molar-refractivity contribution < 1.29 is 19.1 Å². The van der Waals surface area contributed by atoms with Crippen LogP contribution in [0.1, 0.15) is 18.4 Å². The highest BCUT2D eigenvalue weighted by atomic mass is 32.2. The molecule has 0 atom stereocenters. The maximum Gasteiger partial charge on any atom is 0.298 e. The summed E-state index contributed by atoms with van der Waals surface area (Å²) < 4.78 is 11.2. The summed E-state index contributed by atoms with van der Waals surface area (Å²) >= 11 is 0.925. The van der Waals surface area contributed by atoms with Crippen molar-refractivity contribution in [2.24, 2.45) is 0 Å². The Morgan fingerprint density at radius 1 is 0.966 bits per heavy atom. The fourth-order valence-electron chi connectivity index (χ4n) is 3.63. The van der Waals surface area contributed by atoms with Gasteiger partial charge in [-0.2, -0.15) is 0 Å². The molecular weight excluding hydrogens is 388 g/mol. The van der Waals surface area contributed by atoms with Crippen molar-refractivity contribution in [2.75, 3.05) is 37.1 Å². The fraction of sp³-hybridized carbons (Fsp3) is 0.273. The van der Waals surface area contributed by atoms with Crippen molar-refractivity contribution in [3.63, 3.8) is 0 Å². The van der Waals surface area contributed by atoms with Crippen LogP contribution in [-0.2, 0) is 4.79 Å². The molecule has 6 nitrogen and oxygen atoms in total. The van der Waals surface area contributed by atoms with Gasteiger partial charge in [0.1, 0.15) is 11.5 Å². The van der Waals surface area contributed by atoms with Gasteiger partial charge in [0.25, 0.3) is 11.1 Å². The van der Waals surface area contributed by atoms with E-state index in [0.29, 0.717) is 21.9 Å². The summed E-state index contributed by atoms with van der Waals surface area (Å²) in [6.45, 7) is 1.96. The van der Waals surface area contributed by atoms with Crippen molar-refractivity contribution in [2.45, 2.75) is 12.8 Å². The van der Waals surface area contributed by atoms with Gasteiger partial charge >= 0.3 is 0 Å². The number of amides is 2. The van der Waals surface area contributed by atoms with Crippen molar-refractivity contribution in [1.29, 1.82) is 0 Å². The summed E-state index contributed by atoms with van der Waals surface area (Å²) in [5.74, 6) is 1.02. The molecule has 2 aliphatic rings. The van der Waals surface area contributed by atoms with E-state index in [1.54, 1.807) is 44.6 Å². The Morgan fingerprint density at radius 3 is 2.31 bits per heavy atom. The number of carbonyl (C=O) groups excluding carboxylic acids is 2. The lowest BCUT2D eigenvalue weighted by molar-refractivity contribution is -0.113. The van der Waals surface area contributed by atoms with Crippen molar-refractivity contribution in [3.8, 4) is 11.5 Å². The smallest absolute Gasteiger partial charge is 0.298 e. The van der Waals surface area contributed by atoms with Gasteiger partial charge in [-0.1, -0.05) is 18.2 Å². The van der Waals surface area contributed by atoms with Crippen molar-refractivity contribution >= 4 is 40.4 Å². The minimum atomic E-state index is -0.337. The Morgan fingerprint density at radius 2 is 1.66 bits per heavy atom. The standard InChI is InChI=1S/C22H22N2O4S/c1-27-18-14-17(23-10-6-7-11-23)19(28-2)12-15(18)13-20-21(25)24(22(26)29-20)16-8-4-3-5-9-16/h3-5,8-9,12-14H,6-7,10-11H2,1-2H3/b20-13+. The highest BCUT2D eigenvalue weighted by molar-refractivity contribution is 8.19. The number of nitrogens with zero attached hydrogens (tertiary/aromatic N) is 2. The molecule has 2 aromatic rings. The Hall–Kier alpha value is -2.93. The van der Waals surface area contributed by atoms with Crippen molar-refractivity contribution in [3.05, 3.63) is 52.9 Å². The predicted molar refractivity (Wildman–Crippen MR) is 116 cm³/mol. The number of hydrogen-bond donors (Lipinski definition) is 0. The van der Waals surface area contributed by atoms with Gasteiger partial charge in [-0.05, 0) is 48.9 Å². The lowest BCUT2D eigenvalue weighted by atomic mass is 10.1. The Bertz CT molecular complexity index is 968. The molecule has 0 bridgehead atoms. The van der Waals surface area contributed by atoms with E-state index in [-0.39, 0.29) is 11.1 Å². The summed E-state index contributed by atoms with van der Waals surface area (Å²) in [4.78, 5) is 29.2. The average molecular weight is 410 g/mol. The van der Waals surface area contributed by atoms with Crippen LogP contribution in [0.5, 0.6) is 11.5 Å². The zero-order valence-electron chi connectivity index (χ0n) is 16.4. The number of para-hydroxylation sites is 1. The van der Waals surface area contributed by atoms with Crippen LogP contribution in [0.3, 0.4) is 0 Å². The maximum absolute atomic E-state index is 12.9. The van der Waals surface area contributed by atoms with Crippen LogP contribution in [0, 0.1) is 0 Å². The number of rotatable bonds is 5. The highest BCUT2D eigenvalue weighted by Crippen LogP contribution is 2.41. The number of hydrogen-bond acceptors (Lipinski definition) is 6. The zero-order chi connectivity index (χ0) is 20.4. The molecule has 0 radical (unpaired) electrons. The van der Waals surface area contributed by atoms with Gasteiger partial charge in [0.15, 0.2) is 0 Å². The van der Waals surface area contributed by atoms with E-state index in [1.807, 2.05) is 18.2 Å². The van der Waals surface area contributed by atoms with E-state index in [2.05, 4.69) is 4.90 Å². The summed E-state index contributed by atoms with van der Waals surface area (Å²) in [6, 6.07) is 12.7. The van der Waals surface area contributed by atoms with Crippen LogP contribution in [0.2, 0.25) is 0 Å². The molecule has 2 aromatic carbocycles. The van der Waals surface area contributed by atoms with Crippen LogP contribution in [0.15, 0.2) is 47.4 Å². The molecule has 0 unspecified atom stereocenters. The van der Waals surface area contributed by atoms with Crippen LogP contribution in [0.25, 0.3) is 6.08 Å². The predicted octanol–water partition coefficient (Wildman–Crippen LogP) is 4.54. The highest BCUT2D eigenvalue weighted by Gasteiger charge is 2.36. The second kappa shape index (κ2) is 8.21. The maximum atomic E-state index is 12.9. The van der Waals surface area contributed by atoms with Gasteiger partial charge < -0.3 is 14.4 Å². The number of imide groups is 1. The van der Waals surface area contributed by atoms with Crippen LogP contribution < -0.4 is 19.3 Å². The SMILES string of the molecule is COc1cc(N2CCCC2)c(OC)cc1/C=C1/SC(=O)N(c2ccccc2)C1=O. The third kappa shape index (κ3) is 3.70. The second-order valence-corrected chi connectivity index (χ2v) is 7.81. The number of thioether (sulfide) groups is 1. The minimum Gasteiger partial charge on any atom is -0.496 e. The van der Waals surface area contributed by atoms with Crippen LogP contribution >= 0.6 is 11.8 Å². The number of anilines is 2. The number of carbonyl (C=O) groups is 2. The first-order valence-corrected chi connectivity index (χ1v) is 10.3. The molecule has 2 aliphatic heterocycles. The van der Waals surface area contributed by atoms with Gasteiger partial charge in [-0.25, -0.2) is 4.90 Å². The van der Waals surface area contributed by atoms with E-state index in [4.69, 9.17) is 9.47 Å². The molecule has 4 rings (SSSR count). The molecule has 150 valence electrons. The summed E-state index contributed by atoms with van der Waals surface area (Å²) in [5.41, 5.74) is 2.24. The minimum absolute atomic E-state index is 0.313. The number of ether oxygens (including phenoxy) is 2. The molecule has 29 heavy (non-hydrogen) atoms. The number of methoxy groups -OCH3 is 2. The first kappa shape index (κ1) is 19.4. The van der Waals surface area contributed by atoms with Crippen LogP contribution in [-0.4, -0.2) is 38.5 Å². The third-order valence-corrected chi connectivity index (χ3v) is 5.94. The van der Waals surface area contributed by atoms with Gasteiger partial charge in [0, 0.05) is 24.7 Å². The summed E-state index contributed by atoms with van der Waals surface area (Å²) in [7, 11) is 3.23. The molecule has 2 heterocycles. The zero-order valence-corrected chi connectivity index (χ0v) is 17.2. The fourth-order valence-corrected chi connectivity index (χ4v) is 4.46. The molecule has 7 heteroatoms. The van der Waals surface area contributed by atoms with E-state index < -0.39 is 0 Å². The third-order valence-electron chi connectivity index (χ3n) is 5.07. The average Bonchev–Trinajstić information content (AvgIpc) is 3.37. The summed E-state index contributed by atoms with van der Waals surface area (Å²) in [5, 5.41) is -0.313. The Balaban J connectivity index is 1.70. The Kier molecular flexibility index (Phi) is 5.49. The van der Waals surface area contributed by atoms with E-state index in [0.717, 1.165) is 49.1 Å². The molecule has 2 amide bonds. The first-order chi connectivity index (χ1) is 14.1. The first-order valence-electron chi connectivity index (χ1n) is 9.46. The normalized spacial score (nSPS) is 18.1. The van der Waals surface area contributed by atoms with E-state index >= 15 is 0 Å². The molecule has 0 spiro atoms. The summed E-state index contributed by atoms with van der Waals surface area (Å²) in [6.07, 6.45) is 4.00. The second-order valence-electron chi connectivity index (χ2n) is 6.81. The van der Waals surface area contributed by atoms with Crippen molar-refractivity contribution in [1.82, 2.24) is 0 Å². The van der Waals surface area contributed by atoms with Crippen LogP contribution in [0.4, 0.5) is 16.2 Å². The largest absolute Gasteiger partial charge is 0.496 e. The molecule has 2 saturated heterocycles. The van der Waals surface area contributed by atoms with Gasteiger partial charge in [0.2, 0.25) is 0 Å². The molecule has 0 aliphatic carbocycles. The molecule has 2 fully saturated rings. The molecule has 0 saturated carbocycles. The Labute approximate surface area is 174 Å². The quantitative estimate of drug-likeness (QED) is 0.675. The lowest BCUT2D eigenvalue weighted by Gasteiger charge is -2.22. The monoisotopic (exact) mass is 410 g/mol. The van der Waals surface area contributed by atoms with E-state index in [9.17, 15) is 9.59 Å². The van der Waals surface area contributed by atoms with Gasteiger partial charge in [-0.15, -0.1) is 0 Å². The molecular formula is C22H22N2O4S.